The molecule has 0 N–H and O–H groups in total. The van der Waals surface area contributed by atoms with Crippen LogP contribution in [0.1, 0.15) is 42.3 Å². The number of esters is 1. The van der Waals surface area contributed by atoms with Crippen LogP contribution in [0.3, 0.4) is 0 Å². The molecule has 0 unspecified atom stereocenters. The smallest absolute Gasteiger partial charge is 0.338 e. The summed E-state index contributed by atoms with van der Waals surface area (Å²) in [5.74, 6) is 0.505. The van der Waals surface area contributed by atoms with Crippen LogP contribution >= 0.6 is 22.9 Å². The molecule has 0 spiro atoms. The molecule has 1 aliphatic heterocycles. The molecule has 1 aliphatic rings. The quantitative estimate of drug-likeness (QED) is 0.201. The van der Waals surface area contributed by atoms with Crippen molar-refractivity contribution in [1.29, 1.82) is 0 Å². The van der Waals surface area contributed by atoms with Gasteiger partial charge in [-0.25, -0.2) is 9.79 Å². The van der Waals surface area contributed by atoms with Gasteiger partial charge in [-0.3, -0.25) is 9.36 Å². The maximum absolute atomic E-state index is 14.3. The molecule has 230 valence electrons. The highest BCUT2D eigenvalue weighted by molar-refractivity contribution is 7.07. The van der Waals surface area contributed by atoms with E-state index in [1.165, 1.54) is 11.3 Å². The lowest BCUT2D eigenvalue weighted by Crippen LogP contribution is -2.40. The van der Waals surface area contributed by atoms with E-state index >= 15 is 0 Å². The Bertz CT molecular complexity index is 2160. The van der Waals surface area contributed by atoms with Crippen LogP contribution in [0.2, 0.25) is 5.02 Å². The molecule has 3 aromatic carbocycles. The van der Waals surface area contributed by atoms with Crippen LogP contribution in [0.5, 0.6) is 11.5 Å². The third-order valence-electron chi connectivity index (χ3n) is 8.05. The number of thiazole rings is 1. The molecular weight excluding hydrogens is 610 g/mol. The second-order valence-electron chi connectivity index (χ2n) is 10.6. The standard InChI is InChI=1S/C35H32ClN3O5S/c1-6-44-34(41)31-20(2)37-35-39(32(31)23-13-16-28(42-4)29(17-23)43-5)33(40)30(45-35)18-26-21(3)38(27-10-8-7-9-25(26)27)19-22-11-14-24(36)15-12-22/h7-18,32H,6,19H2,1-5H3/b30-18-/t32-/m0/s1. The highest BCUT2D eigenvalue weighted by atomic mass is 35.5. The van der Waals surface area contributed by atoms with Crippen molar-refractivity contribution in [2.24, 2.45) is 4.99 Å². The van der Waals surface area contributed by atoms with Crippen LogP contribution in [-0.4, -0.2) is 35.9 Å². The SMILES string of the molecule is CCOC(=O)C1=C(C)N=c2s/c(=C\c3c(C)n(Cc4ccc(Cl)cc4)c4ccccc34)c(=O)n2[C@H]1c1ccc(OC)c(OC)c1. The van der Waals surface area contributed by atoms with Crippen molar-refractivity contribution in [2.45, 2.75) is 33.4 Å². The number of hydrogen-bond donors (Lipinski definition) is 0. The van der Waals surface area contributed by atoms with Gasteiger partial charge >= 0.3 is 5.97 Å². The molecule has 6 rings (SSSR count). The third-order valence-corrected chi connectivity index (χ3v) is 9.28. The molecule has 5 aromatic rings. The van der Waals surface area contributed by atoms with Gasteiger partial charge in [-0.2, -0.15) is 0 Å². The normalized spacial score (nSPS) is 14.8. The summed E-state index contributed by atoms with van der Waals surface area (Å²) in [6, 6.07) is 20.6. The molecule has 2 aromatic heterocycles. The number of carbonyl (C=O) groups excluding carboxylic acids is 1. The number of methoxy groups -OCH3 is 2. The van der Waals surface area contributed by atoms with Gasteiger partial charge in [0.25, 0.3) is 5.56 Å². The summed E-state index contributed by atoms with van der Waals surface area (Å²) >= 11 is 7.43. The molecule has 1 atom stereocenters. The van der Waals surface area contributed by atoms with Crippen LogP contribution in [0.15, 0.2) is 87.8 Å². The number of aromatic nitrogens is 2. The van der Waals surface area contributed by atoms with Gasteiger partial charge in [0.05, 0.1) is 42.7 Å². The zero-order valence-corrected chi connectivity index (χ0v) is 27.2. The molecular formula is C35H32ClN3O5S. The highest BCUT2D eigenvalue weighted by Crippen LogP contribution is 2.36. The summed E-state index contributed by atoms with van der Waals surface area (Å²) in [5, 5.41) is 1.73. The minimum atomic E-state index is -0.769. The second kappa shape index (κ2) is 12.4. The van der Waals surface area contributed by atoms with Crippen molar-refractivity contribution in [1.82, 2.24) is 9.13 Å². The lowest BCUT2D eigenvalue weighted by atomic mass is 9.95. The molecule has 45 heavy (non-hydrogen) atoms. The zero-order valence-electron chi connectivity index (χ0n) is 25.6. The van der Waals surface area contributed by atoms with Crippen LogP contribution in [0, 0.1) is 6.92 Å². The van der Waals surface area contributed by atoms with Gasteiger partial charge in [0.15, 0.2) is 16.3 Å². The number of benzene rings is 3. The van der Waals surface area contributed by atoms with Crippen molar-refractivity contribution < 1.29 is 19.0 Å². The Labute approximate surface area is 269 Å². The van der Waals surface area contributed by atoms with Gasteiger partial charge in [0, 0.05) is 33.7 Å². The van der Waals surface area contributed by atoms with Gasteiger partial charge in [-0.05, 0) is 68.3 Å². The van der Waals surface area contributed by atoms with E-state index in [0.717, 1.165) is 27.7 Å². The van der Waals surface area contributed by atoms with E-state index in [-0.39, 0.29) is 12.2 Å². The number of ether oxygens (including phenoxy) is 3. The molecule has 0 radical (unpaired) electrons. The summed E-state index contributed by atoms with van der Waals surface area (Å²) in [5.41, 5.74) is 5.38. The van der Waals surface area contributed by atoms with Gasteiger partial charge in [-0.15, -0.1) is 0 Å². The monoisotopic (exact) mass is 641 g/mol. The van der Waals surface area contributed by atoms with E-state index < -0.39 is 12.0 Å². The number of carbonyl (C=O) groups is 1. The number of nitrogens with zero attached hydrogens (tertiary/aromatic N) is 3. The first-order chi connectivity index (χ1) is 21.7. The van der Waals surface area contributed by atoms with Crippen molar-refractivity contribution in [3.63, 3.8) is 0 Å². The molecule has 0 fully saturated rings. The van der Waals surface area contributed by atoms with Gasteiger partial charge in [0.2, 0.25) is 0 Å². The number of para-hydroxylation sites is 1. The molecule has 0 bridgehead atoms. The van der Waals surface area contributed by atoms with Crippen LogP contribution in [0.25, 0.3) is 17.0 Å². The number of hydrogen-bond acceptors (Lipinski definition) is 7. The topological polar surface area (TPSA) is 84.1 Å². The largest absolute Gasteiger partial charge is 0.493 e. The Balaban J connectivity index is 1.55. The predicted octanol–water partition coefficient (Wildman–Crippen LogP) is 5.78. The minimum Gasteiger partial charge on any atom is -0.493 e. The van der Waals surface area contributed by atoms with E-state index in [2.05, 4.69) is 23.6 Å². The van der Waals surface area contributed by atoms with E-state index in [0.29, 0.717) is 49.2 Å². The van der Waals surface area contributed by atoms with E-state index in [1.807, 2.05) is 48.5 Å². The van der Waals surface area contributed by atoms with Crippen LogP contribution < -0.4 is 24.4 Å². The summed E-state index contributed by atoms with van der Waals surface area (Å²) in [6.07, 6.45) is 1.94. The van der Waals surface area contributed by atoms with E-state index in [9.17, 15) is 9.59 Å². The van der Waals surface area contributed by atoms with Crippen LogP contribution in [-0.2, 0) is 16.1 Å². The number of rotatable bonds is 8. The Hall–Kier alpha value is -4.60. The average molecular weight is 642 g/mol. The van der Waals surface area contributed by atoms with E-state index in [1.54, 1.807) is 44.8 Å². The second-order valence-corrected chi connectivity index (χ2v) is 12.1. The molecule has 3 heterocycles. The fraction of sp³-hybridized carbons (Fsp3) is 0.229. The Morgan fingerprint density at radius 1 is 1.02 bits per heavy atom. The summed E-state index contributed by atoms with van der Waals surface area (Å²) in [6.45, 7) is 6.43. The maximum Gasteiger partial charge on any atom is 0.338 e. The number of fused-ring (bicyclic) bond motifs is 2. The van der Waals surface area contributed by atoms with Gasteiger partial charge < -0.3 is 18.8 Å². The first-order valence-corrected chi connectivity index (χ1v) is 15.7. The summed E-state index contributed by atoms with van der Waals surface area (Å²) < 4.78 is 20.8. The Morgan fingerprint density at radius 3 is 2.47 bits per heavy atom. The first kappa shape index (κ1) is 30.4. The Morgan fingerprint density at radius 2 is 1.76 bits per heavy atom. The summed E-state index contributed by atoms with van der Waals surface area (Å²) in [4.78, 5) is 32.9. The number of allylic oxidation sites excluding steroid dienone is 1. The maximum atomic E-state index is 14.3. The average Bonchev–Trinajstić information content (AvgIpc) is 3.49. The van der Waals surface area contributed by atoms with Gasteiger partial charge in [0.1, 0.15) is 0 Å². The van der Waals surface area contributed by atoms with E-state index in [4.69, 9.17) is 30.8 Å². The molecule has 0 saturated carbocycles. The number of halogens is 1. The molecule has 0 amide bonds. The fourth-order valence-electron chi connectivity index (χ4n) is 5.88. The molecule has 0 saturated heterocycles. The van der Waals surface area contributed by atoms with Crippen LogP contribution in [0.4, 0.5) is 0 Å². The minimum absolute atomic E-state index is 0.193. The third kappa shape index (κ3) is 5.47. The summed E-state index contributed by atoms with van der Waals surface area (Å²) in [7, 11) is 3.11. The Kier molecular flexibility index (Phi) is 8.40. The predicted molar refractivity (Wildman–Crippen MR) is 177 cm³/mol. The fourth-order valence-corrected chi connectivity index (χ4v) is 7.03. The van der Waals surface area contributed by atoms with Crippen molar-refractivity contribution in [2.75, 3.05) is 20.8 Å². The van der Waals surface area contributed by atoms with Crippen molar-refractivity contribution in [3.8, 4) is 11.5 Å². The van der Waals surface area contributed by atoms with Crippen molar-refractivity contribution in [3.05, 3.63) is 125 Å². The zero-order chi connectivity index (χ0) is 31.8. The van der Waals surface area contributed by atoms with Crippen molar-refractivity contribution >= 4 is 45.9 Å². The molecule has 10 heteroatoms. The van der Waals surface area contributed by atoms with Gasteiger partial charge in [-0.1, -0.05) is 59.3 Å². The first-order valence-electron chi connectivity index (χ1n) is 14.5. The molecule has 0 aliphatic carbocycles. The molecule has 8 nitrogen and oxygen atoms in total. The lowest BCUT2D eigenvalue weighted by Gasteiger charge is -2.25. The highest BCUT2D eigenvalue weighted by Gasteiger charge is 2.34. The lowest BCUT2D eigenvalue weighted by molar-refractivity contribution is -0.139.